The van der Waals surface area contributed by atoms with E-state index in [-0.39, 0.29) is 23.5 Å². The van der Waals surface area contributed by atoms with E-state index in [2.05, 4.69) is 11.6 Å². The number of aliphatic hydroxyl groups is 1. The molecule has 0 bridgehead atoms. The van der Waals surface area contributed by atoms with Crippen molar-refractivity contribution in [1.29, 1.82) is 0 Å². The Labute approximate surface area is 117 Å². The van der Waals surface area contributed by atoms with Crippen LogP contribution in [-0.4, -0.2) is 40.6 Å². The second-order valence-corrected chi connectivity index (χ2v) is 5.42. The Morgan fingerprint density at radius 2 is 2.35 bits per heavy atom. The number of amides is 1. The van der Waals surface area contributed by atoms with Crippen molar-refractivity contribution >= 4 is 5.91 Å². The summed E-state index contributed by atoms with van der Waals surface area (Å²) in [6.45, 7) is 4.98. The second kappa shape index (κ2) is 6.05. The first-order valence-corrected chi connectivity index (χ1v) is 6.80. The summed E-state index contributed by atoms with van der Waals surface area (Å²) >= 11 is 0. The fourth-order valence-corrected chi connectivity index (χ4v) is 2.77. The third-order valence-electron chi connectivity index (χ3n) is 3.89. The highest BCUT2D eigenvalue weighted by Crippen LogP contribution is 2.33. The summed E-state index contributed by atoms with van der Waals surface area (Å²) in [5.74, 6) is -0.108. The number of nitrogens with one attached hydrogen (secondary N) is 1. The van der Waals surface area contributed by atoms with Crippen molar-refractivity contribution in [3.05, 3.63) is 46.9 Å². The first-order chi connectivity index (χ1) is 9.60. The first-order valence-electron chi connectivity index (χ1n) is 6.80. The Hall–Kier alpha value is -1.88. The minimum atomic E-state index is -0.280. The van der Waals surface area contributed by atoms with Crippen molar-refractivity contribution in [1.82, 2.24) is 9.88 Å². The summed E-state index contributed by atoms with van der Waals surface area (Å²) in [5.41, 5.74) is -0.0359. The SMILES string of the molecule is C=CCC1(CO)CCCN(C(=O)c2ccc(=O)[nH]c2)C1. The first kappa shape index (κ1) is 14.5. The second-order valence-electron chi connectivity index (χ2n) is 5.42. The van der Waals surface area contributed by atoms with Gasteiger partial charge in [0.05, 0.1) is 12.2 Å². The van der Waals surface area contributed by atoms with Crippen LogP contribution in [0.15, 0.2) is 35.8 Å². The smallest absolute Gasteiger partial charge is 0.255 e. The van der Waals surface area contributed by atoms with Crippen molar-refractivity contribution in [3.8, 4) is 0 Å². The molecular weight excluding hydrogens is 256 g/mol. The van der Waals surface area contributed by atoms with Crippen molar-refractivity contribution in [2.24, 2.45) is 5.41 Å². The lowest BCUT2D eigenvalue weighted by Gasteiger charge is -2.41. The third kappa shape index (κ3) is 2.99. The molecular formula is C15H20N2O3. The molecule has 1 aromatic heterocycles. The number of aliphatic hydroxyl groups excluding tert-OH is 1. The fraction of sp³-hybridized carbons (Fsp3) is 0.467. The number of carbonyl (C=O) groups is 1. The highest BCUT2D eigenvalue weighted by atomic mass is 16.3. The van der Waals surface area contributed by atoms with Gasteiger partial charge in [-0.05, 0) is 25.3 Å². The number of H-pyrrole nitrogens is 1. The van der Waals surface area contributed by atoms with E-state index in [1.165, 1.54) is 18.3 Å². The lowest BCUT2D eigenvalue weighted by molar-refractivity contribution is 0.0285. The monoisotopic (exact) mass is 276 g/mol. The standard InChI is InChI=1S/C15H20N2O3/c1-2-6-15(11-18)7-3-8-17(10-15)14(20)12-4-5-13(19)16-9-12/h2,4-5,9,18H,1,3,6-8,10-11H2,(H,16,19). The van der Waals surface area contributed by atoms with Crippen LogP contribution in [0.5, 0.6) is 0 Å². The van der Waals surface area contributed by atoms with Gasteiger partial charge in [-0.25, -0.2) is 0 Å². The fourth-order valence-electron chi connectivity index (χ4n) is 2.77. The number of nitrogens with zero attached hydrogens (tertiary/aromatic N) is 1. The Balaban J connectivity index is 2.15. The summed E-state index contributed by atoms with van der Waals surface area (Å²) in [5, 5.41) is 9.65. The Kier molecular flexibility index (Phi) is 4.39. The molecule has 0 aromatic carbocycles. The van der Waals surface area contributed by atoms with E-state index in [1.807, 2.05) is 0 Å². The molecule has 1 aliphatic heterocycles. The van der Waals surface area contributed by atoms with Crippen LogP contribution in [0.1, 0.15) is 29.6 Å². The van der Waals surface area contributed by atoms with Crippen LogP contribution in [-0.2, 0) is 0 Å². The lowest BCUT2D eigenvalue weighted by atomic mass is 9.77. The minimum Gasteiger partial charge on any atom is -0.396 e. The van der Waals surface area contributed by atoms with Crippen molar-refractivity contribution in [2.75, 3.05) is 19.7 Å². The maximum atomic E-state index is 12.4. The molecule has 1 fully saturated rings. The average Bonchev–Trinajstić information content (AvgIpc) is 2.48. The summed E-state index contributed by atoms with van der Waals surface area (Å²) in [7, 11) is 0. The van der Waals surface area contributed by atoms with Gasteiger partial charge in [0.1, 0.15) is 0 Å². The molecule has 2 heterocycles. The number of pyridine rings is 1. The quantitative estimate of drug-likeness (QED) is 0.811. The molecule has 0 radical (unpaired) electrons. The topological polar surface area (TPSA) is 73.4 Å². The van der Waals surface area contributed by atoms with Gasteiger partial charge < -0.3 is 15.0 Å². The van der Waals surface area contributed by atoms with E-state index in [1.54, 1.807) is 11.0 Å². The van der Waals surface area contributed by atoms with Gasteiger partial charge in [0.15, 0.2) is 0 Å². The van der Waals surface area contributed by atoms with E-state index in [0.717, 1.165) is 12.8 Å². The number of hydrogen-bond donors (Lipinski definition) is 2. The van der Waals surface area contributed by atoms with Gasteiger partial charge in [0.25, 0.3) is 5.91 Å². The number of aromatic amines is 1. The molecule has 1 amide bonds. The number of piperidine rings is 1. The Morgan fingerprint density at radius 1 is 1.55 bits per heavy atom. The molecule has 1 saturated heterocycles. The van der Waals surface area contributed by atoms with Crippen LogP contribution >= 0.6 is 0 Å². The van der Waals surface area contributed by atoms with Crippen LogP contribution in [0.3, 0.4) is 0 Å². The van der Waals surface area contributed by atoms with E-state index >= 15 is 0 Å². The maximum Gasteiger partial charge on any atom is 0.255 e. The molecule has 2 N–H and O–H groups in total. The summed E-state index contributed by atoms with van der Waals surface area (Å²) in [6.07, 6.45) is 5.69. The van der Waals surface area contributed by atoms with Crippen LogP contribution < -0.4 is 5.56 Å². The zero-order valence-corrected chi connectivity index (χ0v) is 11.5. The zero-order valence-electron chi connectivity index (χ0n) is 11.5. The van der Waals surface area contributed by atoms with Gasteiger partial charge in [-0.1, -0.05) is 6.08 Å². The van der Waals surface area contributed by atoms with E-state index < -0.39 is 0 Å². The molecule has 2 rings (SSSR count). The maximum absolute atomic E-state index is 12.4. The molecule has 1 atom stereocenters. The van der Waals surface area contributed by atoms with Gasteiger partial charge in [-0.3, -0.25) is 9.59 Å². The molecule has 1 unspecified atom stereocenters. The molecule has 0 aliphatic carbocycles. The zero-order chi connectivity index (χ0) is 14.6. The van der Waals surface area contributed by atoms with Crippen molar-refractivity contribution in [2.45, 2.75) is 19.3 Å². The van der Waals surface area contributed by atoms with Crippen LogP contribution in [0.4, 0.5) is 0 Å². The molecule has 0 saturated carbocycles. The summed E-state index contributed by atoms with van der Waals surface area (Å²) in [4.78, 5) is 27.7. The number of allylic oxidation sites excluding steroid dienone is 1. The van der Waals surface area contributed by atoms with Gasteiger partial charge in [-0.15, -0.1) is 6.58 Å². The van der Waals surface area contributed by atoms with Crippen LogP contribution in [0, 0.1) is 5.41 Å². The van der Waals surface area contributed by atoms with Gasteiger partial charge in [-0.2, -0.15) is 0 Å². The number of aromatic nitrogens is 1. The summed E-state index contributed by atoms with van der Waals surface area (Å²) in [6, 6.07) is 2.88. The summed E-state index contributed by atoms with van der Waals surface area (Å²) < 4.78 is 0. The number of carbonyl (C=O) groups excluding carboxylic acids is 1. The molecule has 5 nitrogen and oxygen atoms in total. The molecule has 0 spiro atoms. The molecule has 1 aromatic rings. The largest absolute Gasteiger partial charge is 0.396 e. The van der Waals surface area contributed by atoms with Crippen molar-refractivity contribution in [3.63, 3.8) is 0 Å². The van der Waals surface area contributed by atoms with Crippen LogP contribution in [0.25, 0.3) is 0 Å². The molecule has 5 heteroatoms. The number of hydrogen-bond acceptors (Lipinski definition) is 3. The Morgan fingerprint density at radius 3 is 2.95 bits per heavy atom. The van der Waals surface area contributed by atoms with Crippen LogP contribution in [0.2, 0.25) is 0 Å². The molecule has 20 heavy (non-hydrogen) atoms. The van der Waals surface area contributed by atoms with Gasteiger partial charge >= 0.3 is 0 Å². The van der Waals surface area contributed by atoms with E-state index in [9.17, 15) is 14.7 Å². The predicted molar refractivity (Wildman–Crippen MR) is 76.5 cm³/mol. The third-order valence-corrected chi connectivity index (χ3v) is 3.89. The number of rotatable bonds is 4. The highest BCUT2D eigenvalue weighted by molar-refractivity contribution is 5.93. The van der Waals surface area contributed by atoms with E-state index in [4.69, 9.17) is 0 Å². The highest BCUT2D eigenvalue weighted by Gasteiger charge is 2.35. The minimum absolute atomic E-state index is 0.0500. The molecule has 1 aliphatic rings. The average molecular weight is 276 g/mol. The van der Waals surface area contributed by atoms with Crippen molar-refractivity contribution < 1.29 is 9.90 Å². The van der Waals surface area contributed by atoms with Gasteiger partial charge in [0, 0.05) is 30.8 Å². The predicted octanol–water partition coefficient (Wildman–Crippen LogP) is 1.17. The normalized spacial score (nSPS) is 22.6. The van der Waals surface area contributed by atoms with E-state index in [0.29, 0.717) is 25.1 Å². The number of likely N-dealkylation sites (tertiary alicyclic amines) is 1. The van der Waals surface area contributed by atoms with Gasteiger partial charge in [0.2, 0.25) is 5.56 Å². The Bertz CT molecular complexity index is 532. The lowest BCUT2D eigenvalue weighted by Crippen LogP contribution is -2.47. The molecule has 108 valence electrons.